The molecule has 0 atom stereocenters. The topological polar surface area (TPSA) is 64.2 Å². The Bertz CT molecular complexity index is 949. The summed E-state index contributed by atoms with van der Waals surface area (Å²) < 4.78 is 10.6. The molecule has 0 radical (unpaired) electrons. The number of methoxy groups -OCH3 is 1. The molecule has 0 amide bonds. The average Bonchev–Trinajstić information content (AvgIpc) is 3.08. The first-order valence-electron chi connectivity index (χ1n) is 7.94. The van der Waals surface area contributed by atoms with Crippen molar-refractivity contribution in [3.05, 3.63) is 44.5 Å². The lowest BCUT2D eigenvalue weighted by molar-refractivity contribution is 0.146. The van der Waals surface area contributed by atoms with Gasteiger partial charge in [0.1, 0.15) is 22.4 Å². The standard InChI is InChI=1S/C18H19ClN2O3S/c1-10(2)13-9-25-18(21-13)12-8-14(22)11-4-5-15(24-7-6-23-3)16(19)17(11)20-12/h4-5,8-10H,6-7H2,1-3H3,(H,20,22). The summed E-state index contributed by atoms with van der Waals surface area (Å²) in [7, 11) is 1.61. The molecule has 0 saturated heterocycles. The maximum atomic E-state index is 12.5. The second kappa shape index (κ2) is 7.56. The van der Waals surface area contributed by atoms with Crippen LogP contribution in [-0.2, 0) is 4.74 Å². The van der Waals surface area contributed by atoms with Crippen molar-refractivity contribution in [1.29, 1.82) is 0 Å². The first kappa shape index (κ1) is 17.9. The Morgan fingerprint density at radius 2 is 2.12 bits per heavy atom. The SMILES string of the molecule is COCCOc1ccc2c(=O)cc(-c3nc(C(C)C)cs3)[nH]c2c1Cl. The number of rotatable bonds is 6. The molecule has 5 nitrogen and oxygen atoms in total. The Morgan fingerprint density at radius 1 is 1.32 bits per heavy atom. The van der Waals surface area contributed by atoms with Gasteiger partial charge in [0, 0.05) is 23.9 Å². The molecule has 0 aliphatic rings. The number of benzene rings is 1. The molecule has 0 saturated carbocycles. The molecule has 7 heteroatoms. The third-order valence-corrected chi connectivity index (χ3v) is 5.07. The number of fused-ring (bicyclic) bond motifs is 1. The van der Waals surface area contributed by atoms with Crippen molar-refractivity contribution >= 4 is 33.8 Å². The molecule has 2 heterocycles. The minimum atomic E-state index is -0.101. The number of H-pyrrole nitrogens is 1. The van der Waals surface area contributed by atoms with E-state index < -0.39 is 0 Å². The smallest absolute Gasteiger partial charge is 0.190 e. The van der Waals surface area contributed by atoms with Crippen LogP contribution in [0.3, 0.4) is 0 Å². The number of halogens is 1. The van der Waals surface area contributed by atoms with Crippen molar-refractivity contribution in [2.24, 2.45) is 0 Å². The predicted octanol–water partition coefficient (Wildman–Crippen LogP) is 4.45. The molecule has 3 rings (SSSR count). The number of thiazole rings is 1. The summed E-state index contributed by atoms with van der Waals surface area (Å²) in [6.45, 7) is 5.02. The van der Waals surface area contributed by atoms with Gasteiger partial charge in [0.05, 0.1) is 23.5 Å². The molecule has 1 aromatic carbocycles. The average molecular weight is 379 g/mol. The molecule has 25 heavy (non-hydrogen) atoms. The van der Waals surface area contributed by atoms with Crippen LogP contribution < -0.4 is 10.2 Å². The van der Waals surface area contributed by atoms with E-state index in [1.165, 1.54) is 11.3 Å². The van der Waals surface area contributed by atoms with Gasteiger partial charge in [-0.2, -0.15) is 0 Å². The van der Waals surface area contributed by atoms with Crippen LogP contribution in [0, 0.1) is 0 Å². The zero-order valence-electron chi connectivity index (χ0n) is 14.3. The lowest BCUT2D eigenvalue weighted by Gasteiger charge is -2.10. The van der Waals surface area contributed by atoms with Crippen LogP contribution in [0.2, 0.25) is 5.02 Å². The minimum Gasteiger partial charge on any atom is -0.490 e. The van der Waals surface area contributed by atoms with Gasteiger partial charge in [-0.15, -0.1) is 11.3 Å². The van der Waals surface area contributed by atoms with Gasteiger partial charge in [-0.1, -0.05) is 25.4 Å². The number of aromatic nitrogens is 2. The Morgan fingerprint density at radius 3 is 2.80 bits per heavy atom. The van der Waals surface area contributed by atoms with Gasteiger partial charge in [-0.05, 0) is 18.1 Å². The first-order valence-corrected chi connectivity index (χ1v) is 9.20. The van der Waals surface area contributed by atoms with Crippen LogP contribution in [0.1, 0.15) is 25.5 Å². The van der Waals surface area contributed by atoms with E-state index in [0.29, 0.717) is 46.5 Å². The molecule has 1 N–H and O–H groups in total. The second-order valence-electron chi connectivity index (χ2n) is 5.92. The van der Waals surface area contributed by atoms with Crippen LogP contribution in [0.5, 0.6) is 5.75 Å². The van der Waals surface area contributed by atoms with Gasteiger partial charge in [0.25, 0.3) is 0 Å². The highest BCUT2D eigenvalue weighted by molar-refractivity contribution is 7.13. The Hall–Kier alpha value is -1.89. The van der Waals surface area contributed by atoms with Crippen LogP contribution in [0.25, 0.3) is 21.6 Å². The molecular weight excluding hydrogens is 360 g/mol. The number of ether oxygens (including phenoxy) is 2. The number of aromatic amines is 1. The van der Waals surface area contributed by atoms with Gasteiger partial charge in [0.15, 0.2) is 5.43 Å². The Kier molecular flexibility index (Phi) is 5.42. The minimum absolute atomic E-state index is 0.101. The van der Waals surface area contributed by atoms with E-state index in [0.717, 1.165) is 10.7 Å². The molecule has 2 aromatic heterocycles. The fourth-order valence-corrected chi connectivity index (χ4v) is 3.62. The summed E-state index contributed by atoms with van der Waals surface area (Å²) in [5, 5.41) is 3.68. The fraction of sp³-hybridized carbons (Fsp3) is 0.333. The second-order valence-corrected chi connectivity index (χ2v) is 7.16. The van der Waals surface area contributed by atoms with Gasteiger partial charge in [-0.3, -0.25) is 4.79 Å². The molecule has 132 valence electrons. The van der Waals surface area contributed by atoms with Crippen molar-refractivity contribution in [2.45, 2.75) is 19.8 Å². The number of pyridine rings is 1. The van der Waals surface area contributed by atoms with Crippen LogP contribution in [0.15, 0.2) is 28.4 Å². The Balaban J connectivity index is 2.06. The summed E-state index contributed by atoms with van der Waals surface area (Å²) in [6.07, 6.45) is 0. The zero-order valence-corrected chi connectivity index (χ0v) is 15.8. The van der Waals surface area contributed by atoms with Crippen molar-refractivity contribution in [3.63, 3.8) is 0 Å². The van der Waals surface area contributed by atoms with E-state index in [-0.39, 0.29) is 5.43 Å². The largest absolute Gasteiger partial charge is 0.490 e. The van der Waals surface area contributed by atoms with Gasteiger partial charge in [-0.25, -0.2) is 4.98 Å². The molecular formula is C18H19ClN2O3S. The molecule has 0 aliphatic carbocycles. The summed E-state index contributed by atoms with van der Waals surface area (Å²) >= 11 is 7.96. The quantitative estimate of drug-likeness (QED) is 0.643. The van der Waals surface area contributed by atoms with E-state index in [4.69, 9.17) is 21.1 Å². The fourth-order valence-electron chi connectivity index (χ4n) is 2.40. The summed E-state index contributed by atoms with van der Waals surface area (Å²) in [5.74, 6) is 0.850. The van der Waals surface area contributed by atoms with E-state index in [1.54, 1.807) is 25.3 Å². The maximum Gasteiger partial charge on any atom is 0.190 e. The highest BCUT2D eigenvalue weighted by atomic mass is 35.5. The number of hydrogen-bond donors (Lipinski definition) is 1. The third kappa shape index (κ3) is 3.71. The van der Waals surface area contributed by atoms with Crippen molar-refractivity contribution < 1.29 is 9.47 Å². The highest BCUT2D eigenvalue weighted by Crippen LogP contribution is 2.32. The monoisotopic (exact) mass is 378 g/mol. The van der Waals surface area contributed by atoms with Crippen LogP contribution in [0.4, 0.5) is 0 Å². The lowest BCUT2D eigenvalue weighted by atomic mass is 10.1. The molecule has 0 bridgehead atoms. The molecule has 0 fully saturated rings. The molecule has 3 aromatic rings. The van der Waals surface area contributed by atoms with E-state index in [1.807, 2.05) is 5.38 Å². The van der Waals surface area contributed by atoms with Crippen molar-refractivity contribution in [1.82, 2.24) is 9.97 Å². The zero-order chi connectivity index (χ0) is 18.0. The van der Waals surface area contributed by atoms with Crippen LogP contribution in [-0.4, -0.2) is 30.3 Å². The van der Waals surface area contributed by atoms with Crippen molar-refractivity contribution in [3.8, 4) is 16.5 Å². The normalized spacial score (nSPS) is 11.4. The third-order valence-electron chi connectivity index (χ3n) is 3.80. The van der Waals surface area contributed by atoms with Gasteiger partial charge < -0.3 is 14.5 Å². The van der Waals surface area contributed by atoms with E-state index in [9.17, 15) is 4.79 Å². The van der Waals surface area contributed by atoms with E-state index in [2.05, 4.69) is 23.8 Å². The maximum absolute atomic E-state index is 12.5. The number of hydrogen-bond acceptors (Lipinski definition) is 5. The van der Waals surface area contributed by atoms with Gasteiger partial charge >= 0.3 is 0 Å². The Labute approximate surface area is 154 Å². The molecule has 0 aliphatic heterocycles. The van der Waals surface area contributed by atoms with Crippen LogP contribution >= 0.6 is 22.9 Å². The van der Waals surface area contributed by atoms with E-state index >= 15 is 0 Å². The number of nitrogens with zero attached hydrogens (tertiary/aromatic N) is 1. The number of nitrogens with one attached hydrogen (secondary N) is 1. The highest BCUT2D eigenvalue weighted by Gasteiger charge is 2.14. The molecule has 0 unspecified atom stereocenters. The summed E-state index contributed by atoms with van der Waals surface area (Å²) in [5.41, 5.74) is 2.12. The lowest BCUT2D eigenvalue weighted by Crippen LogP contribution is -2.07. The summed E-state index contributed by atoms with van der Waals surface area (Å²) in [6, 6.07) is 4.98. The van der Waals surface area contributed by atoms with Gasteiger partial charge in [0.2, 0.25) is 0 Å². The predicted molar refractivity (Wildman–Crippen MR) is 102 cm³/mol. The van der Waals surface area contributed by atoms with Crippen molar-refractivity contribution in [2.75, 3.05) is 20.3 Å². The first-order chi connectivity index (χ1) is 12.0. The summed E-state index contributed by atoms with van der Waals surface area (Å²) in [4.78, 5) is 20.3. The molecule has 0 spiro atoms.